The summed E-state index contributed by atoms with van der Waals surface area (Å²) >= 11 is 1.58. The van der Waals surface area contributed by atoms with Gasteiger partial charge >= 0.3 is 0 Å². The van der Waals surface area contributed by atoms with Crippen LogP contribution in [-0.2, 0) is 9.59 Å². The van der Waals surface area contributed by atoms with Crippen molar-refractivity contribution < 1.29 is 9.59 Å². The summed E-state index contributed by atoms with van der Waals surface area (Å²) in [4.78, 5) is 33.0. The second kappa shape index (κ2) is 6.81. The van der Waals surface area contributed by atoms with Gasteiger partial charge in [0.25, 0.3) is 11.8 Å². The highest BCUT2D eigenvalue weighted by atomic mass is 32.1. The Hall–Kier alpha value is -2.45. The predicted octanol–water partition coefficient (Wildman–Crippen LogP) is 1.37. The minimum atomic E-state index is -0.462. The molecule has 0 aromatic carbocycles. The third kappa shape index (κ3) is 3.22. The third-order valence-electron chi connectivity index (χ3n) is 4.45. The standard InChI is InChI=1S/C17H21N5O2S/c1-10-9-25-16(19-10)13-5-4-6-22(13)17(24)12-7-11(2)21(3)14(8-12)15(23)20-18/h7-9,13H,2,4-6,18H2,1,3H3,(H,20,23)/t13-/m1/s1. The van der Waals surface area contributed by atoms with Crippen molar-refractivity contribution in [1.82, 2.24) is 20.2 Å². The van der Waals surface area contributed by atoms with Crippen molar-refractivity contribution in [2.24, 2.45) is 5.84 Å². The number of aryl methyl sites for hydroxylation is 1. The van der Waals surface area contributed by atoms with Gasteiger partial charge in [-0.3, -0.25) is 15.0 Å². The molecule has 3 heterocycles. The van der Waals surface area contributed by atoms with Crippen molar-refractivity contribution in [2.75, 3.05) is 13.6 Å². The smallest absolute Gasteiger partial charge is 0.281 e. The first-order valence-electron chi connectivity index (χ1n) is 8.02. The van der Waals surface area contributed by atoms with E-state index in [-0.39, 0.29) is 11.9 Å². The second-order valence-corrected chi connectivity index (χ2v) is 7.03. The van der Waals surface area contributed by atoms with E-state index in [0.717, 1.165) is 23.5 Å². The van der Waals surface area contributed by atoms with E-state index >= 15 is 0 Å². The lowest BCUT2D eigenvalue weighted by molar-refractivity contribution is -0.127. The Kier molecular flexibility index (Phi) is 4.73. The molecule has 1 saturated heterocycles. The molecule has 0 bridgehead atoms. The molecule has 25 heavy (non-hydrogen) atoms. The first-order valence-corrected chi connectivity index (χ1v) is 8.90. The molecule has 2 aliphatic heterocycles. The summed E-state index contributed by atoms with van der Waals surface area (Å²) in [5.74, 6) is 4.66. The van der Waals surface area contributed by atoms with Gasteiger partial charge in [0.2, 0.25) is 0 Å². The van der Waals surface area contributed by atoms with Gasteiger partial charge in [0.15, 0.2) is 0 Å². The highest BCUT2D eigenvalue weighted by Gasteiger charge is 2.34. The monoisotopic (exact) mass is 359 g/mol. The van der Waals surface area contributed by atoms with Crippen molar-refractivity contribution in [3.05, 3.63) is 51.8 Å². The molecule has 1 fully saturated rings. The minimum Gasteiger partial charge on any atom is -0.341 e. The van der Waals surface area contributed by atoms with Gasteiger partial charge in [-0.05, 0) is 31.9 Å². The number of nitrogens with one attached hydrogen (secondary N) is 1. The number of likely N-dealkylation sites (N-methyl/N-ethyl adjacent to an activating group) is 1. The van der Waals surface area contributed by atoms with Crippen molar-refractivity contribution in [3.63, 3.8) is 0 Å². The molecular weight excluding hydrogens is 338 g/mol. The van der Waals surface area contributed by atoms with Crippen LogP contribution in [-0.4, -0.2) is 40.2 Å². The average molecular weight is 359 g/mol. The van der Waals surface area contributed by atoms with Gasteiger partial charge in [-0.2, -0.15) is 0 Å². The summed E-state index contributed by atoms with van der Waals surface area (Å²) in [5, 5.41) is 2.95. The molecule has 0 radical (unpaired) electrons. The zero-order chi connectivity index (χ0) is 18.1. The largest absolute Gasteiger partial charge is 0.341 e. The Morgan fingerprint density at radius 1 is 1.44 bits per heavy atom. The number of hydrogen-bond acceptors (Lipinski definition) is 6. The zero-order valence-corrected chi connectivity index (χ0v) is 15.1. The maximum absolute atomic E-state index is 13.1. The average Bonchev–Trinajstić information content (AvgIpc) is 3.24. The molecule has 132 valence electrons. The van der Waals surface area contributed by atoms with Crippen molar-refractivity contribution >= 4 is 23.2 Å². The Labute approximate surface area is 150 Å². The summed E-state index contributed by atoms with van der Waals surface area (Å²) in [6, 6.07) is -0.0137. The van der Waals surface area contributed by atoms with Crippen molar-refractivity contribution in [1.29, 1.82) is 0 Å². The van der Waals surface area contributed by atoms with E-state index in [1.165, 1.54) is 0 Å². The number of carbonyl (C=O) groups excluding carboxylic acids is 2. The highest BCUT2D eigenvalue weighted by molar-refractivity contribution is 7.09. The van der Waals surface area contributed by atoms with Crippen LogP contribution >= 0.6 is 11.3 Å². The summed E-state index contributed by atoms with van der Waals surface area (Å²) in [6.45, 7) is 6.53. The van der Waals surface area contributed by atoms with Crippen LogP contribution in [0.15, 0.2) is 41.1 Å². The number of hydrazine groups is 1. The van der Waals surface area contributed by atoms with Crippen molar-refractivity contribution in [2.45, 2.75) is 25.8 Å². The second-order valence-electron chi connectivity index (χ2n) is 6.14. The lowest BCUT2D eigenvalue weighted by atomic mass is 10.1. The van der Waals surface area contributed by atoms with Crippen LogP contribution in [0.5, 0.6) is 0 Å². The molecule has 0 spiro atoms. The number of allylic oxidation sites excluding steroid dienone is 1. The number of hydrogen-bond donors (Lipinski definition) is 2. The van der Waals surface area contributed by atoms with Gasteiger partial charge in [-0.1, -0.05) is 6.58 Å². The fourth-order valence-electron chi connectivity index (χ4n) is 3.09. The molecule has 3 rings (SSSR count). The Balaban J connectivity index is 1.89. The first-order chi connectivity index (χ1) is 11.9. The van der Waals surface area contributed by atoms with Gasteiger partial charge in [-0.25, -0.2) is 10.8 Å². The molecule has 1 aromatic rings. The van der Waals surface area contributed by atoms with Crippen LogP contribution in [0.3, 0.4) is 0 Å². The van der Waals surface area contributed by atoms with E-state index in [9.17, 15) is 9.59 Å². The van der Waals surface area contributed by atoms with Crippen LogP contribution in [0.2, 0.25) is 0 Å². The predicted molar refractivity (Wildman–Crippen MR) is 95.9 cm³/mol. The topological polar surface area (TPSA) is 91.6 Å². The number of rotatable bonds is 3. The molecule has 3 N–H and O–H groups in total. The number of carbonyl (C=O) groups is 2. The Morgan fingerprint density at radius 2 is 2.20 bits per heavy atom. The van der Waals surface area contributed by atoms with E-state index in [1.54, 1.807) is 35.4 Å². The van der Waals surface area contributed by atoms with Gasteiger partial charge in [0.1, 0.15) is 10.7 Å². The van der Waals surface area contributed by atoms with E-state index in [4.69, 9.17) is 5.84 Å². The molecule has 1 atom stereocenters. The van der Waals surface area contributed by atoms with Gasteiger partial charge < -0.3 is 9.80 Å². The summed E-state index contributed by atoms with van der Waals surface area (Å²) in [5.41, 5.74) is 4.35. The molecule has 7 nitrogen and oxygen atoms in total. The molecule has 2 aliphatic rings. The number of thiazole rings is 1. The highest BCUT2D eigenvalue weighted by Crippen LogP contribution is 2.35. The number of likely N-dealkylation sites (tertiary alicyclic amines) is 1. The van der Waals surface area contributed by atoms with Crippen LogP contribution in [0.25, 0.3) is 0 Å². The summed E-state index contributed by atoms with van der Waals surface area (Å²) in [7, 11) is 1.71. The molecule has 2 amide bonds. The van der Waals surface area contributed by atoms with Crippen LogP contribution in [0.1, 0.15) is 29.6 Å². The summed E-state index contributed by atoms with van der Waals surface area (Å²) < 4.78 is 0. The lowest BCUT2D eigenvalue weighted by Gasteiger charge is -2.29. The van der Waals surface area contributed by atoms with E-state index in [2.05, 4.69) is 17.0 Å². The fourth-order valence-corrected chi connectivity index (χ4v) is 4.03. The quantitative estimate of drug-likeness (QED) is 0.483. The lowest BCUT2D eigenvalue weighted by Crippen LogP contribution is -2.39. The first kappa shape index (κ1) is 17.4. The maximum atomic E-state index is 13.1. The molecule has 8 heteroatoms. The Bertz CT molecular complexity index is 795. The third-order valence-corrected chi connectivity index (χ3v) is 5.52. The molecule has 0 unspecified atom stereocenters. The van der Waals surface area contributed by atoms with E-state index < -0.39 is 5.91 Å². The van der Waals surface area contributed by atoms with Gasteiger partial charge in [0, 0.05) is 35.9 Å². The van der Waals surface area contributed by atoms with Crippen LogP contribution in [0, 0.1) is 6.92 Å². The number of amides is 2. The van der Waals surface area contributed by atoms with Gasteiger partial charge in [0.05, 0.1) is 6.04 Å². The molecule has 0 aliphatic carbocycles. The van der Waals surface area contributed by atoms with E-state index in [0.29, 0.717) is 23.5 Å². The van der Waals surface area contributed by atoms with Crippen LogP contribution < -0.4 is 11.3 Å². The number of aromatic nitrogens is 1. The molecule has 1 aromatic heterocycles. The number of nitrogens with two attached hydrogens (primary N) is 1. The van der Waals surface area contributed by atoms with Crippen LogP contribution in [0.4, 0.5) is 0 Å². The normalized spacial score (nSPS) is 20.4. The van der Waals surface area contributed by atoms with Gasteiger partial charge in [-0.15, -0.1) is 11.3 Å². The minimum absolute atomic E-state index is 0.0137. The fraction of sp³-hybridized carbons (Fsp3) is 0.353. The molecular formula is C17H21N5O2S. The summed E-state index contributed by atoms with van der Waals surface area (Å²) in [6.07, 6.45) is 5.08. The van der Waals surface area contributed by atoms with Crippen molar-refractivity contribution in [3.8, 4) is 0 Å². The zero-order valence-electron chi connectivity index (χ0n) is 14.3. The SMILES string of the molecule is C=C1C=C(C(=O)N2CCC[C@@H]2c2nc(C)cs2)C=C(C(=O)NN)N1C. The number of nitrogens with zero attached hydrogens (tertiary/aromatic N) is 3. The van der Waals surface area contributed by atoms with E-state index in [1.807, 2.05) is 17.2 Å². The molecule has 0 saturated carbocycles. The maximum Gasteiger partial charge on any atom is 0.281 e. The Morgan fingerprint density at radius 3 is 2.84 bits per heavy atom.